The minimum Gasteiger partial charge on any atom is -0.364 e. The van der Waals surface area contributed by atoms with Gasteiger partial charge in [-0.2, -0.15) is 4.98 Å². The van der Waals surface area contributed by atoms with Gasteiger partial charge in [-0.1, -0.05) is 0 Å². The van der Waals surface area contributed by atoms with Crippen molar-refractivity contribution in [1.29, 1.82) is 0 Å². The Hall–Kier alpha value is -1.96. The van der Waals surface area contributed by atoms with Crippen LogP contribution in [0.3, 0.4) is 0 Å². The fourth-order valence-corrected chi connectivity index (χ4v) is 1.62. The fourth-order valence-electron chi connectivity index (χ4n) is 1.62. The number of nitro groups is 1. The molecule has 0 spiro atoms. The van der Waals surface area contributed by atoms with Gasteiger partial charge in [0.05, 0.1) is 4.92 Å². The molecule has 0 aliphatic heterocycles. The Morgan fingerprint density at radius 1 is 1.37 bits per heavy atom. The Labute approximate surface area is 112 Å². The molecular weight excluding hydrogens is 248 g/mol. The molecule has 0 amide bonds. The number of aromatic nitrogens is 2. The van der Waals surface area contributed by atoms with Gasteiger partial charge in [-0.05, 0) is 34.0 Å². The molecule has 0 saturated carbocycles. The van der Waals surface area contributed by atoms with Crippen molar-refractivity contribution >= 4 is 17.5 Å². The summed E-state index contributed by atoms with van der Waals surface area (Å²) in [5, 5.41) is 16.8. The van der Waals surface area contributed by atoms with Crippen molar-refractivity contribution in [2.45, 2.75) is 13.3 Å². The third kappa shape index (κ3) is 4.32. The molecule has 8 nitrogen and oxygen atoms in total. The van der Waals surface area contributed by atoms with Crippen LogP contribution in [0.4, 0.5) is 17.5 Å². The van der Waals surface area contributed by atoms with E-state index < -0.39 is 4.92 Å². The largest absolute Gasteiger partial charge is 0.364 e. The maximum atomic E-state index is 11.0. The van der Waals surface area contributed by atoms with E-state index >= 15 is 0 Å². The first kappa shape index (κ1) is 15.1. The summed E-state index contributed by atoms with van der Waals surface area (Å²) in [5.74, 6) is 0.638. The van der Waals surface area contributed by atoms with Crippen LogP contribution in [0.1, 0.15) is 12.1 Å². The Morgan fingerprint density at radius 2 is 2.05 bits per heavy atom. The first-order valence-electron chi connectivity index (χ1n) is 6.05. The molecule has 1 rings (SSSR count). The Kier molecular flexibility index (Phi) is 5.43. The number of rotatable bonds is 7. The molecule has 1 aromatic heterocycles. The SMILES string of the molecule is CNc1nc(C)c([N+](=O)[O-])c(NCCCN(C)C)n1. The van der Waals surface area contributed by atoms with Gasteiger partial charge < -0.3 is 15.5 Å². The van der Waals surface area contributed by atoms with Crippen molar-refractivity contribution in [2.75, 3.05) is 44.9 Å². The zero-order valence-corrected chi connectivity index (χ0v) is 11.7. The first-order valence-corrected chi connectivity index (χ1v) is 6.05. The molecule has 0 fully saturated rings. The highest BCUT2D eigenvalue weighted by Gasteiger charge is 2.21. The summed E-state index contributed by atoms with van der Waals surface area (Å²) in [6, 6.07) is 0. The second-order valence-corrected chi connectivity index (χ2v) is 4.42. The van der Waals surface area contributed by atoms with Crippen LogP contribution in [0, 0.1) is 17.0 Å². The summed E-state index contributed by atoms with van der Waals surface area (Å²) in [4.78, 5) is 20.8. The summed E-state index contributed by atoms with van der Waals surface area (Å²) in [6.45, 7) is 3.13. The molecule has 0 unspecified atom stereocenters. The smallest absolute Gasteiger partial charge is 0.332 e. The molecule has 0 atom stereocenters. The summed E-state index contributed by atoms with van der Waals surface area (Å²) < 4.78 is 0. The van der Waals surface area contributed by atoms with E-state index in [-0.39, 0.29) is 11.5 Å². The zero-order chi connectivity index (χ0) is 14.4. The monoisotopic (exact) mass is 268 g/mol. The second-order valence-electron chi connectivity index (χ2n) is 4.42. The van der Waals surface area contributed by atoms with Crippen molar-refractivity contribution in [3.8, 4) is 0 Å². The van der Waals surface area contributed by atoms with Crippen LogP contribution in [0.5, 0.6) is 0 Å². The number of nitrogens with one attached hydrogen (secondary N) is 2. The van der Waals surface area contributed by atoms with Gasteiger partial charge in [-0.25, -0.2) is 4.98 Å². The second kappa shape index (κ2) is 6.83. The molecule has 0 bridgehead atoms. The van der Waals surface area contributed by atoms with E-state index in [9.17, 15) is 10.1 Å². The van der Waals surface area contributed by atoms with Gasteiger partial charge in [0.2, 0.25) is 11.8 Å². The number of anilines is 2. The quantitative estimate of drug-likeness (QED) is 0.434. The van der Waals surface area contributed by atoms with Crippen molar-refractivity contribution in [1.82, 2.24) is 14.9 Å². The first-order chi connectivity index (χ1) is 8.95. The summed E-state index contributed by atoms with van der Waals surface area (Å²) in [6.07, 6.45) is 0.877. The van der Waals surface area contributed by atoms with Crippen molar-refractivity contribution in [2.24, 2.45) is 0 Å². The molecule has 0 aliphatic carbocycles. The highest BCUT2D eigenvalue weighted by molar-refractivity contribution is 5.60. The number of aryl methyl sites for hydroxylation is 1. The van der Waals surface area contributed by atoms with E-state index in [1.807, 2.05) is 14.1 Å². The maximum absolute atomic E-state index is 11.0. The minimum absolute atomic E-state index is 0.0659. The third-order valence-electron chi connectivity index (χ3n) is 2.54. The predicted molar refractivity (Wildman–Crippen MR) is 74.6 cm³/mol. The van der Waals surface area contributed by atoms with Crippen LogP contribution in [0.2, 0.25) is 0 Å². The Bertz CT molecular complexity index is 449. The molecule has 0 aromatic carbocycles. The number of nitrogens with zero attached hydrogens (tertiary/aromatic N) is 4. The molecule has 0 aliphatic rings. The molecule has 1 aromatic rings. The van der Waals surface area contributed by atoms with Crippen LogP contribution in [-0.4, -0.2) is 54.0 Å². The normalized spacial score (nSPS) is 10.6. The van der Waals surface area contributed by atoms with E-state index in [1.165, 1.54) is 0 Å². The van der Waals surface area contributed by atoms with Crippen LogP contribution >= 0.6 is 0 Å². The van der Waals surface area contributed by atoms with Gasteiger partial charge in [0.25, 0.3) is 0 Å². The standard InChI is InChI=1S/C11H20N6O2/c1-8-9(17(18)19)10(15-11(12-2)14-8)13-6-5-7-16(3)4/h5-7H2,1-4H3,(H2,12,13,14,15). The van der Waals surface area contributed by atoms with Crippen LogP contribution in [0.15, 0.2) is 0 Å². The number of hydrogen-bond acceptors (Lipinski definition) is 7. The minimum atomic E-state index is -0.455. The lowest BCUT2D eigenvalue weighted by molar-refractivity contribution is -0.385. The zero-order valence-electron chi connectivity index (χ0n) is 11.7. The lowest BCUT2D eigenvalue weighted by Gasteiger charge is -2.11. The molecule has 8 heteroatoms. The van der Waals surface area contributed by atoms with Gasteiger partial charge in [0.1, 0.15) is 5.69 Å². The van der Waals surface area contributed by atoms with E-state index in [4.69, 9.17) is 0 Å². The van der Waals surface area contributed by atoms with Crippen molar-refractivity contribution in [3.63, 3.8) is 0 Å². The van der Waals surface area contributed by atoms with E-state index in [1.54, 1.807) is 14.0 Å². The molecule has 2 N–H and O–H groups in total. The van der Waals surface area contributed by atoms with E-state index in [0.29, 0.717) is 18.2 Å². The van der Waals surface area contributed by atoms with Gasteiger partial charge in [0.15, 0.2) is 0 Å². The molecule has 1 heterocycles. The summed E-state index contributed by atoms with van der Waals surface area (Å²) in [5.41, 5.74) is 0.281. The Balaban J connectivity index is 2.84. The summed E-state index contributed by atoms with van der Waals surface area (Å²) in [7, 11) is 5.64. The topological polar surface area (TPSA) is 96.2 Å². The lowest BCUT2D eigenvalue weighted by Crippen LogP contribution is -2.17. The van der Waals surface area contributed by atoms with E-state index in [0.717, 1.165) is 13.0 Å². The van der Waals surface area contributed by atoms with E-state index in [2.05, 4.69) is 25.5 Å². The average molecular weight is 268 g/mol. The summed E-state index contributed by atoms with van der Waals surface area (Å²) >= 11 is 0. The highest BCUT2D eigenvalue weighted by Crippen LogP contribution is 2.26. The highest BCUT2D eigenvalue weighted by atomic mass is 16.6. The van der Waals surface area contributed by atoms with Gasteiger partial charge in [-0.3, -0.25) is 10.1 Å². The van der Waals surface area contributed by atoms with Crippen molar-refractivity contribution < 1.29 is 4.92 Å². The third-order valence-corrected chi connectivity index (χ3v) is 2.54. The Morgan fingerprint density at radius 3 is 2.58 bits per heavy atom. The average Bonchev–Trinajstić information content (AvgIpc) is 2.33. The molecule has 106 valence electrons. The van der Waals surface area contributed by atoms with Crippen LogP contribution in [-0.2, 0) is 0 Å². The fraction of sp³-hybridized carbons (Fsp3) is 0.636. The maximum Gasteiger partial charge on any atom is 0.332 e. The van der Waals surface area contributed by atoms with Gasteiger partial charge in [-0.15, -0.1) is 0 Å². The number of hydrogen-bond donors (Lipinski definition) is 2. The molecular formula is C11H20N6O2. The predicted octanol–water partition coefficient (Wildman–Crippen LogP) is 1.10. The molecule has 0 radical (unpaired) electrons. The van der Waals surface area contributed by atoms with Gasteiger partial charge >= 0.3 is 5.69 Å². The lowest BCUT2D eigenvalue weighted by atomic mass is 10.3. The molecule has 19 heavy (non-hydrogen) atoms. The van der Waals surface area contributed by atoms with Crippen LogP contribution < -0.4 is 10.6 Å². The van der Waals surface area contributed by atoms with Gasteiger partial charge in [0, 0.05) is 13.6 Å². The van der Waals surface area contributed by atoms with Crippen molar-refractivity contribution in [3.05, 3.63) is 15.8 Å². The molecule has 0 saturated heterocycles. The van der Waals surface area contributed by atoms with Crippen LogP contribution in [0.25, 0.3) is 0 Å².